The van der Waals surface area contributed by atoms with E-state index in [0.717, 1.165) is 31.2 Å². The van der Waals surface area contributed by atoms with Gasteiger partial charge in [0, 0.05) is 37.7 Å². The number of carbonyl (C=O) groups excluding carboxylic acids is 2. The summed E-state index contributed by atoms with van der Waals surface area (Å²) in [6.07, 6.45) is 7.52. The maximum atomic E-state index is 15.3. The van der Waals surface area contributed by atoms with Gasteiger partial charge in [0.05, 0.1) is 31.0 Å². The van der Waals surface area contributed by atoms with Gasteiger partial charge in [-0.15, -0.1) is 6.58 Å². The zero-order valence-corrected chi connectivity index (χ0v) is 31.7. The van der Waals surface area contributed by atoms with E-state index in [4.69, 9.17) is 23.4 Å². The van der Waals surface area contributed by atoms with Crippen LogP contribution in [-0.2, 0) is 10.8 Å². The average Bonchev–Trinajstić information content (AvgIpc) is 3.45. The fraction of sp³-hybridized carbons (Fsp3) is 0.622. The first kappa shape index (κ1) is 36.8. The Bertz CT molecular complexity index is 1620. The maximum Gasteiger partial charge on any atom is 0.265 e. The SMILES string of the molecule is C=CCN[C@@H]1c2onc(OCCCC)c2C(=O)[C@@]2(O[Si](C)(C)C(C)(C)C)C(O)=C3C(=O)c4c(OCCCC)cnc(N(C)C)c4C[C@H]3C[C@@H]12. The molecule has 3 aliphatic carbocycles. The normalized spacial score (nSPS) is 23.4. The quantitative estimate of drug-likeness (QED) is 0.118. The van der Waals surface area contributed by atoms with Crippen molar-refractivity contribution in [2.24, 2.45) is 11.8 Å². The number of nitrogens with zero attached hydrogens (tertiary/aromatic N) is 3. The third-order valence-electron chi connectivity index (χ3n) is 10.7. The first-order valence-corrected chi connectivity index (χ1v) is 20.6. The lowest BCUT2D eigenvalue weighted by Gasteiger charge is -2.54. The van der Waals surface area contributed by atoms with Gasteiger partial charge in [-0.25, -0.2) is 4.98 Å². The molecule has 12 heteroatoms. The Hall–Kier alpha value is -3.48. The molecule has 0 aliphatic heterocycles. The molecule has 0 saturated carbocycles. The molecule has 0 saturated heterocycles. The number of pyridine rings is 1. The number of fused-ring (bicyclic) bond motifs is 4. The van der Waals surface area contributed by atoms with E-state index >= 15 is 4.79 Å². The first-order valence-electron chi connectivity index (χ1n) is 17.7. The van der Waals surface area contributed by atoms with E-state index in [9.17, 15) is 9.90 Å². The van der Waals surface area contributed by atoms with E-state index < -0.39 is 37.6 Å². The Kier molecular flexibility index (Phi) is 10.5. The summed E-state index contributed by atoms with van der Waals surface area (Å²) in [5.74, 6) is -0.775. The number of allylic oxidation sites excluding steroid dienone is 1. The third kappa shape index (κ3) is 6.24. The number of ether oxygens (including phenoxy) is 2. The van der Waals surface area contributed by atoms with Crippen molar-refractivity contribution < 1.29 is 33.1 Å². The molecule has 0 unspecified atom stereocenters. The summed E-state index contributed by atoms with van der Waals surface area (Å²) in [6.45, 7) is 19.6. The number of hydrogen-bond donors (Lipinski definition) is 2. The van der Waals surface area contributed by atoms with E-state index in [2.05, 4.69) is 64.8 Å². The Morgan fingerprint density at radius 1 is 1.14 bits per heavy atom. The van der Waals surface area contributed by atoms with Crippen molar-refractivity contribution in [3.05, 3.63) is 52.6 Å². The lowest BCUT2D eigenvalue weighted by atomic mass is 9.59. The van der Waals surface area contributed by atoms with Crippen LogP contribution >= 0.6 is 0 Å². The Morgan fingerprint density at radius 3 is 2.43 bits per heavy atom. The highest BCUT2D eigenvalue weighted by Gasteiger charge is 2.67. The second-order valence-corrected chi connectivity index (χ2v) is 20.0. The Balaban J connectivity index is 1.78. The zero-order valence-electron chi connectivity index (χ0n) is 30.7. The summed E-state index contributed by atoms with van der Waals surface area (Å²) in [4.78, 5) is 36.7. The lowest BCUT2D eigenvalue weighted by molar-refractivity contribution is -0.0318. The summed E-state index contributed by atoms with van der Waals surface area (Å²) in [5.41, 5.74) is -0.393. The highest BCUT2D eigenvalue weighted by Crippen LogP contribution is 2.59. The minimum absolute atomic E-state index is 0.0732. The van der Waals surface area contributed by atoms with E-state index in [1.165, 1.54) is 0 Å². The van der Waals surface area contributed by atoms with E-state index in [1.54, 1.807) is 12.3 Å². The molecule has 11 nitrogen and oxygen atoms in total. The molecule has 0 aromatic carbocycles. The van der Waals surface area contributed by atoms with Crippen LogP contribution in [0.1, 0.15) is 105 Å². The molecular weight excluding hydrogens is 641 g/mol. The number of carbonyl (C=O) groups is 2. The smallest absolute Gasteiger partial charge is 0.265 e. The van der Waals surface area contributed by atoms with Gasteiger partial charge in [-0.2, -0.15) is 0 Å². The first-order chi connectivity index (χ1) is 23.2. The van der Waals surface area contributed by atoms with Crippen molar-refractivity contribution >= 4 is 25.7 Å². The van der Waals surface area contributed by atoms with Crippen molar-refractivity contribution in [2.45, 2.75) is 103 Å². The molecule has 3 aliphatic rings. The predicted octanol–water partition coefficient (Wildman–Crippen LogP) is 7.15. The van der Waals surface area contributed by atoms with Crippen molar-refractivity contribution in [1.29, 1.82) is 0 Å². The fourth-order valence-electron chi connectivity index (χ4n) is 7.11. The number of aliphatic hydroxyl groups is 1. The molecule has 2 N–H and O–H groups in total. The number of hydrogen-bond acceptors (Lipinski definition) is 11. The largest absolute Gasteiger partial charge is 0.508 e. The highest BCUT2D eigenvalue weighted by atomic mass is 28.4. The van der Waals surface area contributed by atoms with Gasteiger partial charge in [0.1, 0.15) is 22.9 Å². The average molecular weight is 695 g/mol. The van der Waals surface area contributed by atoms with Gasteiger partial charge in [0.25, 0.3) is 5.88 Å². The minimum atomic E-state index is -2.82. The van der Waals surface area contributed by atoms with Gasteiger partial charge in [0.2, 0.25) is 5.78 Å². The van der Waals surface area contributed by atoms with Crippen LogP contribution in [0.15, 0.2) is 34.7 Å². The molecule has 5 rings (SSSR count). The molecule has 4 atom stereocenters. The molecule has 49 heavy (non-hydrogen) atoms. The van der Waals surface area contributed by atoms with Crippen molar-refractivity contribution in [3.8, 4) is 11.6 Å². The Labute approximate surface area is 291 Å². The molecule has 0 spiro atoms. The summed E-state index contributed by atoms with van der Waals surface area (Å²) < 4.78 is 25.3. The van der Waals surface area contributed by atoms with Crippen LogP contribution in [-0.4, -0.2) is 74.6 Å². The third-order valence-corrected chi connectivity index (χ3v) is 15.1. The standard InChI is InChI=1S/C37H54N4O7Si/c1-11-14-17-45-25-21-39-34(41(7)8)23-19-22-20-24-29(38-16-13-3)31-28(35(40-47-31)46-18-15-12-2)33(44)37(24,48-49(9,10)36(4,5)6)32(43)26(22)30(42)27(23)25/h13,21-22,24,29,38,43H,3,11-12,14-20H2,1-2,4-10H3/t22-,24-,29-,37-/m0/s1. The highest BCUT2D eigenvalue weighted by molar-refractivity contribution is 6.74. The number of anilines is 1. The molecule has 0 bridgehead atoms. The second-order valence-electron chi connectivity index (χ2n) is 15.3. The fourth-order valence-corrected chi connectivity index (χ4v) is 8.56. The van der Waals surface area contributed by atoms with Crippen LogP contribution in [0.25, 0.3) is 0 Å². The van der Waals surface area contributed by atoms with Gasteiger partial charge in [-0.1, -0.05) is 53.5 Å². The minimum Gasteiger partial charge on any atom is -0.508 e. The summed E-state index contributed by atoms with van der Waals surface area (Å²) in [6, 6.07) is -0.596. The zero-order chi connectivity index (χ0) is 35.9. The molecule has 0 amide bonds. The number of unbranched alkanes of at least 4 members (excludes halogenated alkanes) is 2. The van der Waals surface area contributed by atoms with Gasteiger partial charge in [0.15, 0.2) is 25.5 Å². The molecule has 2 aromatic rings. The van der Waals surface area contributed by atoms with E-state index in [-0.39, 0.29) is 33.6 Å². The van der Waals surface area contributed by atoms with Crippen LogP contribution in [0.3, 0.4) is 0 Å². The molecule has 2 heterocycles. The van der Waals surface area contributed by atoms with Crippen LogP contribution < -0.4 is 19.7 Å². The van der Waals surface area contributed by atoms with Crippen LogP contribution in [0.4, 0.5) is 5.82 Å². The van der Waals surface area contributed by atoms with Gasteiger partial charge < -0.3 is 33.7 Å². The molecular formula is C37H54N4O7Si. The van der Waals surface area contributed by atoms with Gasteiger partial charge in [-0.3, -0.25) is 9.59 Å². The van der Waals surface area contributed by atoms with Crippen molar-refractivity contribution in [2.75, 3.05) is 38.8 Å². The number of Topliss-reactive ketones (excluding diaryl/α,β-unsaturated/α-hetero) is 2. The molecule has 0 fully saturated rings. The molecule has 0 radical (unpaired) electrons. The number of aromatic nitrogens is 2. The Morgan fingerprint density at radius 2 is 1.82 bits per heavy atom. The predicted molar refractivity (Wildman–Crippen MR) is 191 cm³/mol. The van der Waals surface area contributed by atoms with Crippen molar-refractivity contribution in [3.63, 3.8) is 0 Å². The van der Waals surface area contributed by atoms with Crippen LogP contribution in [0.2, 0.25) is 18.1 Å². The number of nitrogens with one attached hydrogen (secondary N) is 1. The summed E-state index contributed by atoms with van der Waals surface area (Å²) in [5, 5.41) is 20.2. The van der Waals surface area contributed by atoms with Crippen LogP contribution in [0.5, 0.6) is 11.6 Å². The molecule has 2 aromatic heterocycles. The van der Waals surface area contributed by atoms with E-state index in [1.807, 2.05) is 19.0 Å². The van der Waals surface area contributed by atoms with Crippen molar-refractivity contribution in [1.82, 2.24) is 15.5 Å². The van der Waals surface area contributed by atoms with Crippen LogP contribution in [0, 0.1) is 11.8 Å². The maximum absolute atomic E-state index is 15.3. The van der Waals surface area contributed by atoms with E-state index in [0.29, 0.717) is 55.5 Å². The van der Waals surface area contributed by atoms with Gasteiger partial charge >= 0.3 is 0 Å². The molecule has 268 valence electrons. The topological polar surface area (TPSA) is 136 Å². The number of aliphatic hydroxyl groups excluding tert-OH is 1. The number of rotatable bonds is 14. The second kappa shape index (κ2) is 14.0. The lowest BCUT2D eigenvalue weighted by Crippen LogP contribution is -2.65. The summed E-state index contributed by atoms with van der Waals surface area (Å²) >= 11 is 0. The number of ketones is 2. The monoisotopic (exact) mass is 694 g/mol. The summed E-state index contributed by atoms with van der Waals surface area (Å²) in [7, 11) is 0.974. The van der Waals surface area contributed by atoms with Gasteiger partial charge in [-0.05, 0) is 54.9 Å².